The first-order chi connectivity index (χ1) is 2.41. The number of halogens is 1. The van der Waals surface area contributed by atoms with Crippen LogP contribution < -0.4 is 0 Å². The van der Waals surface area contributed by atoms with Gasteiger partial charge in [0.15, 0.2) is 0 Å². The Morgan fingerprint density at radius 1 is 1.43 bits per heavy atom. The molecule has 3 heteroatoms. The van der Waals surface area contributed by atoms with E-state index in [9.17, 15) is 0 Å². The van der Waals surface area contributed by atoms with Gasteiger partial charge in [0.1, 0.15) is 0 Å². The maximum atomic E-state index is 8.07. The minimum atomic E-state index is 0. The van der Waals surface area contributed by atoms with Crippen molar-refractivity contribution in [3.8, 4) is 0 Å². The van der Waals surface area contributed by atoms with Crippen LogP contribution in [-0.4, -0.2) is 11.7 Å². The third-order valence-corrected chi connectivity index (χ3v) is 0.512. The van der Waals surface area contributed by atoms with Crippen molar-refractivity contribution >= 4 is 17.0 Å². The zero-order chi connectivity index (χ0) is 4.12. The van der Waals surface area contributed by atoms with Crippen LogP contribution in [0, 0.1) is 0 Å². The van der Waals surface area contributed by atoms with Gasteiger partial charge in [0.05, 0.1) is 0 Å². The van der Waals surface area contributed by atoms with Crippen molar-refractivity contribution in [3.63, 3.8) is 0 Å². The molecule has 0 aromatic rings. The Kier molecular flexibility index (Phi) is 35.3. The molecular weight excluding hydrogens is 235 g/mol. The molecule has 0 aliphatic carbocycles. The maximum Gasteiger partial charge on any atom is 0.0430 e. The number of hydrogen-bond acceptors (Lipinski definition) is 1. The molecule has 0 heterocycles. The minimum Gasteiger partial charge on any atom is -0.396 e. The van der Waals surface area contributed by atoms with Gasteiger partial charge in [-0.25, -0.2) is 0 Å². The van der Waals surface area contributed by atoms with E-state index in [1.807, 2.05) is 0 Å². The molecule has 0 saturated heterocycles. The van der Waals surface area contributed by atoms with Crippen molar-refractivity contribution in [3.05, 3.63) is 0 Å². The predicted molar refractivity (Wildman–Crippen MR) is 32.3 cm³/mol. The van der Waals surface area contributed by atoms with Gasteiger partial charge >= 0.3 is 0 Å². The summed E-state index contributed by atoms with van der Waals surface area (Å²) in [4.78, 5) is 0. The van der Waals surface area contributed by atoms with Crippen LogP contribution in [0.25, 0.3) is 0 Å². The van der Waals surface area contributed by atoms with Crippen LogP contribution in [0.4, 0.5) is 0 Å². The molecule has 0 rings (SSSR count). The van der Waals surface area contributed by atoms with Crippen LogP contribution in [0.15, 0.2) is 0 Å². The standard InChI is InChI=1S/C4H10O.BrH.Zr/c1-2-3-4-5;;/h5H,2-4H2,1H3;1H;. The van der Waals surface area contributed by atoms with Gasteiger partial charge in [-0.2, -0.15) is 0 Å². The molecular formula is C4H11BrOZr. The van der Waals surface area contributed by atoms with E-state index in [-0.39, 0.29) is 43.2 Å². The molecule has 44 valence electrons. The Labute approximate surface area is 74.4 Å². The fourth-order valence-electron chi connectivity index (χ4n) is 0.158. The Morgan fingerprint density at radius 2 is 1.86 bits per heavy atom. The first kappa shape index (κ1) is 15.8. The second kappa shape index (κ2) is 15.7. The normalized spacial score (nSPS) is 6.00. The van der Waals surface area contributed by atoms with E-state index in [0.717, 1.165) is 12.8 Å². The van der Waals surface area contributed by atoms with E-state index in [1.165, 1.54) is 0 Å². The average molecular weight is 246 g/mol. The number of aliphatic hydroxyl groups is 1. The Hall–Kier alpha value is 1.32. The van der Waals surface area contributed by atoms with Gasteiger partial charge in [-0.05, 0) is 6.42 Å². The Morgan fingerprint density at radius 3 is 1.86 bits per heavy atom. The molecule has 1 nitrogen and oxygen atoms in total. The summed E-state index contributed by atoms with van der Waals surface area (Å²) in [6, 6.07) is 0. The fourth-order valence-corrected chi connectivity index (χ4v) is 0.158. The van der Waals surface area contributed by atoms with Crippen LogP contribution >= 0.6 is 17.0 Å². The van der Waals surface area contributed by atoms with Gasteiger partial charge in [0.25, 0.3) is 0 Å². The largest absolute Gasteiger partial charge is 0.396 e. The summed E-state index contributed by atoms with van der Waals surface area (Å²) in [6.07, 6.45) is 2.04. The van der Waals surface area contributed by atoms with Crippen LogP contribution in [0.5, 0.6) is 0 Å². The predicted octanol–water partition coefficient (Wildman–Crippen LogP) is 1.35. The number of rotatable bonds is 2. The van der Waals surface area contributed by atoms with E-state index >= 15 is 0 Å². The molecule has 0 spiro atoms. The van der Waals surface area contributed by atoms with Gasteiger partial charge in [-0.15, -0.1) is 17.0 Å². The fraction of sp³-hybridized carbons (Fsp3) is 1.00. The first-order valence-electron chi connectivity index (χ1n) is 2.02. The molecule has 0 atom stereocenters. The molecule has 0 bridgehead atoms. The zero-order valence-electron chi connectivity index (χ0n) is 4.48. The molecule has 0 fully saturated rings. The molecule has 0 aromatic heterocycles. The smallest absolute Gasteiger partial charge is 0.0430 e. The third-order valence-electron chi connectivity index (χ3n) is 0.512. The molecule has 0 amide bonds. The summed E-state index contributed by atoms with van der Waals surface area (Å²) >= 11 is 0. The quantitative estimate of drug-likeness (QED) is 0.780. The van der Waals surface area contributed by atoms with Crippen LogP contribution in [0.2, 0.25) is 0 Å². The van der Waals surface area contributed by atoms with Crippen LogP contribution in [-0.2, 0) is 26.2 Å². The molecule has 0 aliphatic rings. The van der Waals surface area contributed by atoms with Crippen molar-refractivity contribution in [2.24, 2.45) is 0 Å². The van der Waals surface area contributed by atoms with E-state index in [0.29, 0.717) is 6.61 Å². The van der Waals surface area contributed by atoms with E-state index in [2.05, 4.69) is 6.92 Å². The molecule has 0 saturated carbocycles. The van der Waals surface area contributed by atoms with E-state index in [4.69, 9.17) is 5.11 Å². The summed E-state index contributed by atoms with van der Waals surface area (Å²) in [5, 5.41) is 8.07. The van der Waals surface area contributed by atoms with Crippen molar-refractivity contribution in [1.29, 1.82) is 0 Å². The van der Waals surface area contributed by atoms with Gasteiger partial charge in [-0.1, -0.05) is 13.3 Å². The van der Waals surface area contributed by atoms with Crippen molar-refractivity contribution < 1.29 is 31.3 Å². The summed E-state index contributed by atoms with van der Waals surface area (Å²) in [7, 11) is 0. The number of hydrogen-bond donors (Lipinski definition) is 1. The van der Waals surface area contributed by atoms with Crippen molar-refractivity contribution in [2.75, 3.05) is 6.61 Å². The average Bonchev–Trinajstić information content (AvgIpc) is 1.41. The molecule has 0 aromatic carbocycles. The number of aliphatic hydroxyl groups excluding tert-OH is 1. The molecule has 0 radical (unpaired) electrons. The molecule has 1 N–H and O–H groups in total. The van der Waals surface area contributed by atoms with E-state index in [1.54, 1.807) is 0 Å². The Balaban J connectivity index is -0.0000000800. The van der Waals surface area contributed by atoms with Gasteiger partial charge in [0, 0.05) is 32.8 Å². The summed E-state index contributed by atoms with van der Waals surface area (Å²) < 4.78 is 0. The van der Waals surface area contributed by atoms with Crippen LogP contribution in [0.3, 0.4) is 0 Å². The van der Waals surface area contributed by atoms with Crippen molar-refractivity contribution in [2.45, 2.75) is 19.8 Å². The SMILES string of the molecule is Br.CCCCO.[Zr]. The molecule has 0 aliphatic heterocycles. The van der Waals surface area contributed by atoms with Crippen LogP contribution in [0.1, 0.15) is 19.8 Å². The topological polar surface area (TPSA) is 20.2 Å². The minimum absolute atomic E-state index is 0. The summed E-state index contributed by atoms with van der Waals surface area (Å²) in [5.74, 6) is 0. The maximum absolute atomic E-state index is 8.07. The third kappa shape index (κ3) is 18.8. The van der Waals surface area contributed by atoms with Gasteiger partial charge < -0.3 is 5.11 Å². The molecule has 0 unspecified atom stereocenters. The second-order valence-corrected chi connectivity index (χ2v) is 1.08. The van der Waals surface area contributed by atoms with Gasteiger partial charge in [0.2, 0.25) is 0 Å². The van der Waals surface area contributed by atoms with Crippen molar-refractivity contribution in [1.82, 2.24) is 0 Å². The van der Waals surface area contributed by atoms with Gasteiger partial charge in [-0.3, -0.25) is 0 Å². The zero-order valence-corrected chi connectivity index (χ0v) is 8.65. The second-order valence-electron chi connectivity index (χ2n) is 1.08. The monoisotopic (exact) mass is 244 g/mol. The Bertz CT molecular complexity index is 19.2. The first-order valence-corrected chi connectivity index (χ1v) is 2.02. The molecule has 7 heavy (non-hydrogen) atoms. The number of unbranched alkanes of at least 4 members (excludes halogenated alkanes) is 1. The summed E-state index contributed by atoms with van der Waals surface area (Å²) in [6.45, 7) is 2.40. The summed E-state index contributed by atoms with van der Waals surface area (Å²) in [5.41, 5.74) is 0. The van der Waals surface area contributed by atoms with E-state index < -0.39 is 0 Å².